The van der Waals surface area contributed by atoms with Gasteiger partial charge in [0.2, 0.25) is 0 Å². The molecule has 1 spiro atoms. The molecule has 1 heterocycles. The fraction of sp³-hybridized carbons (Fsp3) is 0.0811. The Balaban J connectivity index is 1.60. The molecule has 0 aromatic heterocycles. The summed E-state index contributed by atoms with van der Waals surface area (Å²) in [6, 6.07) is 44.5. The number of carbonyl (C=O) groups excluding carboxylic acids is 1. The highest BCUT2D eigenvalue weighted by Gasteiger charge is 2.51. The summed E-state index contributed by atoms with van der Waals surface area (Å²) < 4.78 is 5.15. The van der Waals surface area contributed by atoms with Crippen LogP contribution in [0.5, 0.6) is 0 Å². The molecule has 2 aliphatic rings. The molecule has 0 fully saturated rings. The van der Waals surface area contributed by atoms with Gasteiger partial charge in [0.05, 0.1) is 23.4 Å². The maximum atomic E-state index is 12.5. The lowest BCUT2D eigenvalue weighted by Gasteiger charge is -2.45. The van der Waals surface area contributed by atoms with Gasteiger partial charge < -0.3 is 9.64 Å². The summed E-state index contributed by atoms with van der Waals surface area (Å²) in [5, 5.41) is 9.78. The first-order valence-corrected chi connectivity index (χ1v) is 13.8. The van der Waals surface area contributed by atoms with E-state index in [1.165, 1.54) is 27.8 Å². The normalized spacial score (nSPS) is 14.0. The summed E-state index contributed by atoms with van der Waals surface area (Å²) in [5.41, 5.74) is 10.5. The molecule has 0 unspecified atom stereocenters. The Bertz CT molecular complexity index is 1850. The summed E-state index contributed by atoms with van der Waals surface area (Å²) in [5.74, 6) is -0.616. The Hall–Kier alpha value is -5.40. The number of anilines is 3. The second kappa shape index (κ2) is 9.66. The van der Waals surface area contributed by atoms with Crippen LogP contribution in [0.15, 0.2) is 127 Å². The van der Waals surface area contributed by atoms with E-state index in [2.05, 4.69) is 114 Å². The van der Waals surface area contributed by atoms with E-state index in [4.69, 9.17) is 4.74 Å². The van der Waals surface area contributed by atoms with Crippen LogP contribution in [-0.2, 0) is 14.9 Å². The molecule has 4 nitrogen and oxygen atoms in total. The molecule has 0 saturated carbocycles. The third-order valence-corrected chi connectivity index (χ3v) is 8.11. The van der Waals surface area contributed by atoms with Crippen molar-refractivity contribution in [3.05, 3.63) is 155 Å². The monoisotopic (exact) mass is 530 g/mol. The van der Waals surface area contributed by atoms with Crippen LogP contribution >= 0.6 is 0 Å². The largest absolute Gasteiger partial charge is 0.462 e. The molecule has 5 aromatic rings. The van der Waals surface area contributed by atoms with Crippen molar-refractivity contribution in [2.45, 2.75) is 12.3 Å². The van der Waals surface area contributed by atoms with Gasteiger partial charge in [-0.15, -0.1) is 0 Å². The third kappa shape index (κ3) is 3.56. The zero-order chi connectivity index (χ0) is 28.0. The SMILES string of the molecule is CCOC(=O)/C(C#N)=C/c1ccc2c(c1)C1(c3ccccc3-c3ccccc31)c1ccccc1N2c1ccccc1. The van der Waals surface area contributed by atoms with Gasteiger partial charge in [0.15, 0.2) is 0 Å². The van der Waals surface area contributed by atoms with E-state index >= 15 is 0 Å². The van der Waals surface area contributed by atoms with Crippen molar-refractivity contribution in [3.8, 4) is 17.2 Å². The number of esters is 1. The summed E-state index contributed by atoms with van der Waals surface area (Å²) in [4.78, 5) is 14.8. The van der Waals surface area contributed by atoms with Crippen molar-refractivity contribution in [1.82, 2.24) is 0 Å². The highest BCUT2D eigenvalue weighted by molar-refractivity contribution is 5.99. The molecule has 0 saturated heterocycles. The van der Waals surface area contributed by atoms with Gasteiger partial charge in [-0.05, 0) is 82.3 Å². The van der Waals surface area contributed by atoms with E-state index in [-0.39, 0.29) is 12.2 Å². The van der Waals surface area contributed by atoms with Crippen molar-refractivity contribution in [1.29, 1.82) is 5.26 Å². The maximum absolute atomic E-state index is 12.5. The van der Waals surface area contributed by atoms with Gasteiger partial charge in [-0.2, -0.15) is 5.26 Å². The van der Waals surface area contributed by atoms with Gasteiger partial charge in [0, 0.05) is 5.69 Å². The molecule has 1 aliphatic heterocycles. The minimum Gasteiger partial charge on any atom is -0.462 e. The van der Waals surface area contributed by atoms with Crippen molar-refractivity contribution in [2.75, 3.05) is 11.5 Å². The number of fused-ring (bicyclic) bond motifs is 9. The Labute approximate surface area is 239 Å². The fourth-order valence-corrected chi connectivity index (χ4v) is 6.58. The Morgan fingerprint density at radius 2 is 1.34 bits per heavy atom. The van der Waals surface area contributed by atoms with Crippen molar-refractivity contribution in [2.24, 2.45) is 0 Å². The number of benzene rings is 5. The first-order chi connectivity index (χ1) is 20.2. The number of hydrogen-bond acceptors (Lipinski definition) is 4. The van der Waals surface area contributed by atoms with Crippen LogP contribution in [0.2, 0.25) is 0 Å². The summed E-state index contributed by atoms with van der Waals surface area (Å²) >= 11 is 0. The van der Waals surface area contributed by atoms with Crippen LogP contribution in [0, 0.1) is 11.3 Å². The molecule has 0 amide bonds. The Morgan fingerprint density at radius 3 is 2.00 bits per heavy atom. The summed E-state index contributed by atoms with van der Waals surface area (Å²) in [7, 11) is 0. The smallest absolute Gasteiger partial charge is 0.348 e. The van der Waals surface area contributed by atoms with Gasteiger partial charge in [-0.25, -0.2) is 4.79 Å². The van der Waals surface area contributed by atoms with Gasteiger partial charge in [-0.1, -0.05) is 91.0 Å². The summed E-state index contributed by atoms with van der Waals surface area (Å²) in [6.07, 6.45) is 1.63. The van der Waals surface area contributed by atoms with Crippen LogP contribution in [0.25, 0.3) is 17.2 Å². The van der Waals surface area contributed by atoms with Crippen LogP contribution in [0.3, 0.4) is 0 Å². The lowest BCUT2D eigenvalue weighted by atomic mass is 9.64. The average Bonchev–Trinajstić information content (AvgIpc) is 3.32. The first-order valence-electron chi connectivity index (χ1n) is 13.8. The quantitative estimate of drug-likeness (QED) is 0.130. The first kappa shape index (κ1) is 24.6. The molecule has 196 valence electrons. The van der Waals surface area contributed by atoms with E-state index in [0.717, 1.165) is 28.2 Å². The topological polar surface area (TPSA) is 53.3 Å². The highest BCUT2D eigenvalue weighted by Crippen LogP contribution is 2.63. The zero-order valence-electron chi connectivity index (χ0n) is 22.5. The van der Waals surface area contributed by atoms with E-state index in [0.29, 0.717) is 0 Å². The van der Waals surface area contributed by atoms with Crippen molar-refractivity contribution < 1.29 is 9.53 Å². The van der Waals surface area contributed by atoms with Gasteiger partial charge in [0.25, 0.3) is 0 Å². The fourth-order valence-electron chi connectivity index (χ4n) is 6.58. The number of carbonyl (C=O) groups is 1. The van der Waals surface area contributed by atoms with E-state index in [1.807, 2.05) is 18.2 Å². The number of rotatable bonds is 4. The average molecular weight is 531 g/mol. The molecule has 0 atom stereocenters. The molecular weight excluding hydrogens is 504 g/mol. The lowest BCUT2D eigenvalue weighted by Crippen LogP contribution is -2.36. The predicted molar refractivity (Wildman–Crippen MR) is 162 cm³/mol. The van der Waals surface area contributed by atoms with Crippen LogP contribution in [-0.4, -0.2) is 12.6 Å². The van der Waals surface area contributed by atoms with Crippen LogP contribution < -0.4 is 4.90 Å². The van der Waals surface area contributed by atoms with Crippen LogP contribution in [0.1, 0.15) is 34.7 Å². The molecule has 0 radical (unpaired) electrons. The predicted octanol–water partition coefficient (Wildman–Crippen LogP) is 8.30. The lowest BCUT2D eigenvalue weighted by molar-refractivity contribution is -0.137. The number of ether oxygens (including phenoxy) is 1. The maximum Gasteiger partial charge on any atom is 0.348 e. The Morgan fingerprint density at radius 1 is 0.756 bits per heavy atom. The van der Waals surface area contributed by atoms with Crippen molar-refractivity contribution in [3.63, 3.8) is 0 Å². The van der Waals surface area contributed by atoms with Crippen LogP contribution in [0.4, 0.5) is 17.1 Å². The number of para-hydroxylation sites is 2. The number of hydrogen-bond donors (Lipinski definition) is 0. The molecule has 41 heavy (non-hydrogen) atoms. The zero-order valence-corrected chi connectivity index (χ0v) is 22.5. The van der Waals surface area contributed by atoms with E-state index in [1.54, 1.807) is 13.0 Å². The van der Waals surface area contributed by atoms with Gasteiger partial charge in [0.1, 0.15) is 11.6 Å². The third-order valence-electron chi connectivity index (χ3n) is 8.11. The molecular formula is C37H26N2O2. The minimum absolute atomic E-state index is 0.0239. The van der Waals surface area contributed by atoms with E-state index in [9.17, 15) is 10.1 Å². The van der Waals surface area contributed by atoms with Gasteiger partial charge in [-0.3, -0.25) is 0 Å². The molecule has 4 heteroatoms. The molecule has 0 bridgehead atoms. The molecule has 1 aliphatic carbocycles. The van der Waals surface area contributed by atoms with Gasteiger partial charge >= 0.3 is 5.97 Å². The van der Waals surface area contributed by atoms with Crippen molar-refractivity contribution >= 4 is 29.1 Å². The second-order valence-corrected chi connectivity index (χ2v) is 10.2. The minimum atomic E-state index is -0.616. The molecule has 7 rings (SSSR count). The summed E-state index contributed by atoms with van der Waals surface area (Å²) in [6.45, 7) is 1.95. The standard InChI is InChI=1S/C37H26N2O2/c1-2-41-36(40)26(24-38)22-25-20-21-35-33(23-25)37(30-16-8-6-14-28(30)29-15-7-9-17-31(29)37)32-18-10-11-19-34(32)39(35)27-12-4-3-5-13-27/h3-23H,2H2,1H3/b26-22+. The number of nitriles is 1. The Kier molecular flexibility index (Phi) is 5.80. The highest BCUT2D eigenvalue weighted by atomic mass is 16.5. The second-order valence-electron chi connectivity index (χ2n) is 10.2. The number of nitrogens with zero attached hydrogens (tertiary/aromatic N) is 2. The van der Waals surface area contributed by atoms with E-state index < -0.39 is 11.4 Å². The molecule has 0 N–H and O–H groups in total. The molecule has 5 aromatic carbocycles.